The van der Waals surface area contributed by atoms with Gasteiger partial charge in [-0.25, -0.2) is 22.6 Å². The summed E-state index contributed by atoms with van der Waals surface area (Å²) in [6.45, 7) is 6.98. The molecule has 2 atom stereocenters. The van der Waals surface area contributed by atoms with Crippen molar-refractivity contribution in [2.24, 2.45) is 11.1 Å². The monoisotopic (exact) mass is 803 g/mol. The van der Waals surface area contributed by atoms with Gasteiger partial charge in [0.2, 0.25) is 21.8 Å². The Labute approximate surface area is 339 Å². The fraction of sp³-hybridized carbons (Fsp3) is 0.378. The van der Waals surface area contributed by atoms with Gasteiger partial charge in [-0.15, -0.1) is 0 Å². The van der Waals surface area contributed by atoms with Crippen LogP contribution in [0.25, 0.3) is 28.1 Å². The smallest absolute Gasteiger partial charge is 0.234 e. The lowest BCUT2D eigenvalue weighted by atomic mass is 9.88. The minimum Gasteiger partial charge on any atom is -0.372 e. The molecule has 2 unspecified atom stereocenters. The molecule has 0 aliphatic carbocycles. The van der Waals surface area contributed by atoms with Crippen molar-refractivity contribution in [3.8, 4) is 28.1 Å². The topological polar surface area (TPSA) is 144 Å². The number of nitrogens with two attached hydrogens (primary N) is 1. The van der Waals surface area contributed by atoms with E-state index in [2.05, 4.69) is 56.5 Å². The highest BCUT2D eigenvalue weighted by Gasteiger charge is 2.30. The van der Waals surface area contributed by atoms with Crippen LogP contribution in [0.5, 0.6) is 0 Å². The van der Waals surface area contributed by atoms with E-state index in [1.807, 2.05) is 24.3 Å². The number of carbonyl (C=O) groups excluding carboxylic acids is 2. The molecule has 11 nitrogen and oxygen atoms in total. The van der Waals surface area contributed by atoms with Gasteiger partial charge in [-0.05, 0) is 111 Å². The van der Waals surface area contributed by atoms with E-state index in [4.69, 9.17) is 10.2 Å². The van der Waals surface area contributed by atoms with E-state index in [-0.39, 0.29) is 35.3 Å². The Morgan fingerprint density at radius 3 is 2.16 bits per heavy atom. The van der Waals surface area contributed by atoms with E-state index in [1.54, 1.807) is 42.3 Å². The number of sulfonamides is 1. The zero-order chi connectivity index (χ0) is 40.4. The number of likely N-dealkylation sites (tertiary alicyclic amines) is 1. The first-order chi connectivity index (χ1) is 28.1. The molecule has 3 N–H and O–H groups in total. The molecule has 5 aromatic rings. The number of nitrogens with zero attached hydrogens (tertiary/aromatic N) is 5. The number of piperidine rings is 3. The van der Waals surface area contributed by atoms with Crippen molar-refractivity contribution in [1.29, 1.82) is 0 Å². The lowest BCUT2D eigenvalue weighted by Crippen LogP contribution is -2.41. The number of benzene rings is 3. The molecule has 2 aromatic heterocycles. The van der Waals surface area contributed by atoms with Crippen molar-refractivity contribution in [2.45, 2.75) is 69.0 Å². The number of hydrogen-bond acceptors (Lipinski definition) is 8. The number of hydrogen-bond donors (Lipinski definition) is 2. The first kappa shape index (κ1) is 39.6. The summed E-state index contributed by atoms with van der Waals surface area (Å²) in [5.41, 5.74) is 6.46. The number of primary sulfonamides is 1. The zero-order valence-corrected chi connectivity index (χ0v) is 33.6. The number of aromatic nitrogens is 3. The van der Waals surface area contributed by atoms with E-state index in [1.165, 1.54) is 17.3 Å². The fourth-order valence-electron chi connectivity index (χ4n) is 9.08. The summed E-state index contributed by atoms with van der Waals surface area (Å²) in [5.74, 6) is -0.118. The van der Waals surface area contributed by atoms with Crippen LogP contribution in [0.3, 0.4) is 0 Å². The Balaban J connectivity index is 0.883. The molecule has 3 aliphatic heterocycles. The third-order valence-electron chi connectivity index (χ3n) is 12.3. The Morgan fingerprint density at radius 2 is 1.50 bits per heavy atom. The maximum atomic E-state index is 16.2. The summed E-state index contributed by atoms with van der Waals surface area (Å²) >= 11 is 0. The van der Waals surface area contributed by atoms with E-state index >= 15 is 4.39 Å². The molecule has 302 valence electrons. The Kier molecular flexibility index (Phi) is 11.6. The van der Waals surface area contributed by atoms with Gasteiger partial charge in [-0.2, -0.15) is 5.10 Å². The third kappa shape index (κ3) is 8.48. The van der Waals surface area contributed by atoms with Gasteiger partial charge in [0.25, 0.3) is 0 Å². The molecule has 0 bridgehead atoms. The van der Waals surface area contributed by atoms with Gasteiger partial charge in [-0.1, -0.05) is 49.4 Å². The average molecular weight is 804 g/mol. The van der Waals surface area contributed by atoms with Gasteiger partial charge < -0.3 is 9.80 Å². The van der Waals surface area contributed by atoms with Crippen LogP contribution in [0.15, 0.2) is 97.5 Å². The molecule has 3 aliphatic rings. The van der Waals surface area contributed by atoms with Crippen LogP contribution in [-0.4, -0.2) is 72.6 Å². The van der Waals surface area contributed by atoms with Crippen molar-refractivity contribution >= 4 is 27.5 Å². The fourth-order valence-corrected chi connectivity index (χ4v) is 10.1. The van der Waals surface area contributed by atoms with Crippen LogP contribution in [0.2, 0.25) is 0 Å². The van der Waals surface area contributed by atoms with Crippen LogP contribution in [0, 0.1) is 11.7 Å². The van der Waals surface area contributed by atoms with Gasteiger partial charge in [0.05, 0.1) is 11.6 Å². The summed E-state index contributed by atoms with van der Waals surface area (Å²) in [5, 5.41) is 11.7. The predicted octanol–water partition coefficient (Wildman–Crippen LogP) is 7.10. The van der Waals surface area contributed by atoms with Gasteiger partial charge in [0, 0.05) is 72.6 Å². The van der Waals surface area contributed by atoms with Crippen LogP contribution >= 0.6 is 0 Å². The molecule has 2 amide bonds. The number of pyridine rings is 1. The van der Waals surface area contributed by atoms with Gasteiger partial charge in [0.15, 0.2) is 0 Å². The van der Waals surface area contributed by atoms with Crippen molar-refractivity contribution < 1.29 is 22.4 Å². The van der Waals surface area contributed by atoms with Crippen LogP contribution in [-0.2, 0) is 19.6 Å². The van der Waals surface area contributed by atoms with E-state index < -0.39 is 21.1 Å². The van der Waals surface area contributed by atoms with Crippen molar-refractivity contribution in [1.82, 2.24) is 25.0 Å². The van der Waals surface area contributed by atoms with E-state index in [0.717, 1.165) is 75.2 Å². The molecule has 3 aromatic carbocycles. The molecule has 13 heteroatoms. The molecule has 58 heavy (non-hydrogen) atoms. The van der Waals surface area contributed by atoms with Crippen molar-refractivity contribution in [2.75, 3.05) is 37.6 Å². The highest BCUT2D eigenvalue weighted by molar-refractivity contribution is 7.89. The Hall–Kier alpha value is -5.24. The normalized spacial score (nSPS) is 19.3. The zero-order valence-electron chi connectivity index (χ0n) is 32.8. The number of anilines is 1. The summed E-state index contributed by atoms with van der Waals surface area (Å²) < 4.78 is 42.7. The highest BCUT2D eigenvalue weighted by atomic mass is 32.2. The highest BCUT2D eigenvalue weighted by Crippen LogP contribution is 2.38. The third-order valence-corrected chi connectivity index (χ3v) is 13.7. The second kappa shape index (κ2) is 16.9. The van der Waals surface area contributed by atoms with Crippen LogP contribution < -0.4 is 15.4 Å². The summed E-state index contributed by atoms with van der Waals surface area (Å²) in [6.07, 6.45) is 10.7. The summed E-state index contributed by atoms with van der Waals surface area (Å²) in [7, 11) is -4.02. The number of carbonyl (C=O) groups is 2. The van der Waals surface area contributed by atoms with Crippen molar-refractivity contribution in [3.63, 3.8) is 0 Å². The van der Waals surface area contributed by atoms with Crippen molar-refractivity contribution in [3.05, 3.63) is 120 Å². The predicted molar refractivity (Wildman–Crippen MR) is 223 cm³/mol. The van der Waals surface area contributed by atoms with Gasteiger partial charge >= 0.3 is 0 Å². The molecule has 3 fully saturated rings. The minimum atomic E-state index is -4.02. The largest absolute Gasteiger partial charge is 0.372 e. The molecule has 0 saturated carbocycles. The number of imide groups is 1. The summed E-state index contributed by atoms with van der Waals surface area (Å²) in [4.78, 5) is 33.1. The molecule has 8 rings (SSSR count). The number of nitrogens with one attached hydrogen (secondary N) is 1. The SMILES string of the molecule is CCC(c1cccc(-c2cn(-c3ccc(C4CCN(CC5CCN(c6ccc(C7CCC(=O)NC7=O)cc6)CC5)CC4)cc3)nc2-c2ccncc2)c1F)S(N)(=O)=O. The quantitative estimate of drug-likeness (QED) is 0.135. The lowest BCUT2D eigenvalue weighted by molar-refractivity contribution is -0.134. The standard InChI is InChI=1S/C45H50FN7O4S/c1-2-41(58(47,56)57)39-5-3-4-38(43(39)46)40-29-53(50-44(40)34-16-22-48-23-17-34)36-12-6-31(7-13-36)32-20-24-51(25-21-32)28-30-18-26-52(27-19-30)35-10-8-33(9-11-35)37-14-15-42(54)49-45(37)55/h3-13,16-17,22-23,29-30,32,37,41H,2,14-15,18-21,24-28H2,1H3,(H2,47,56,57)(H,49,54,55). The first-order valence-corrected chi connectivity index (χ1v) is 22.0. The molecular formula is C45H50FN7O4S. The maximum Gasteiger partial charge on any atom is 0.234 e. The van der Waals surface area contributed by atoms with E-state index in [0.29, 0.717) is 35.9 Å². The first-order valence-electron chi connectivity index (χ1n) is 20.4. The summed E-state index contributed by atoms with van der Waals surface area (Å²) in [6, 6.07) is 25.2. The molecule has 0 spiro atoms. The number of halogens is 1. The second-order valence-corrected chi connectivity index (χ2v) is 17.7. The molecule has 0 radical (unpaired) electrons. The van der Waals surface area contributed by atoms with Gasteiger partial charge in [0.1, 0.15) is 16.8 Å². The minimum absolute atomic E-state index is 0.0458. The number of amides is 2. The lowest BCUT2D eigenvalue weighted by Gasteiger charge is -2.38. The van der Waals surface area contributed by atoms with E-state index in [9.17, 15) is 18.0 Å². The van der Waals surface area contributed by atoms with Crippen LogP contribution in [0.4, 0.5) is 10.1 Å². The Bertz CT molecular complexity index is 2350. The average Bonchev–Trinajstić information content (AvgIpc) is 3.68. The number of rotatable bonds is 11. The maximum absolute atomic E-state index is 16.2. The Morgan fingerprint density at radius 1 is 0.828 bits per heavy atom. The molecule has 3 saturated heterocycles. The van der Waals surface area contributed by atoms with Gasteiger partial charge in [-0.3, -0.25) is 19.9 Å². The molecular weight excluding hydrogens is 754 g/mol. The van der Waals surface area contributed by atoms with Crippen LogP contribution in [0.1, 0.15) is 85.6 Å². The second-order valence-electron chi connectivity index (χ2n) is 16.0. The molecule has 5 heterocycles.